The van der Waals surface area contributed by atoms with Crippen LogP contribution in [0.5, 0.6) is 5.75 Å². The first kappa shape index (κ1) is 17.6. The van der Waals surface area contributed by atoms with Crippen LogP contribution in [0.15, 0.2) is 39.2 Å². The van der Waals surface area contributed by atoms with Gasteiger partial charge in [-0.2, -0.15) is 8.78 Å². The van der Waals surface area contributed by atoms with Crippen molar-refractivity contribution in [2.24, 2.45) is 0 Å². The number of alkyl halides is 2. The molecule has 0 aliphatic carbocycles. The number of hydrogen-bond acceptors (Lipinski definition) is 7. The molecule has 2 aromatic heterocycles. The van der Waals surface area contributed by atoms with E-state index in [1.165, 1.54) is 24.3 Å². The van der Waals surface area contributed by atoms with Crippen molar-refractivity contribution in [1.82, 2.24) is 10.2 Å². The minimum Gasteiger partial charge on any atom is -0.466 e. The Balaban J connectivity index is 1.60. The molecule has 0 amide bonds. The molecule has 0 saturated heterocycles. The van der Waals surface area contributed by atoms with Crippen molar-refractivity contribution in [3.05, 3.63) is 53.3 Å². The fourth-order valence-corrected chi connectivity index (χ4v) is 2.25. The minimum absolute atomic E-state index is 0.0520. The number of rotatable bonds is 6. The molecule has 0 fully saturated rings. The zero-order valence-electron chi connectivity index (χ0n) is 13.9. The number of benzene rings is 1. The van der Waals surface area contributed by atoms with Crippen LogP contribution in [0.25, 0.3) is 11.5 Å². The third-order valence-corrected chi connectivity index (χ3v) is 3.38. The first-order valence-corrected chi connectivity index (χ1v) is 7.54. The van der Waals surface area contributed by atoms with Gasteiger partial charge in [0.25, 0.3) is 11.8 Å². The summed E-state index contributed by atoms with van der Waals surface area (Å²) < 4.78 is 44.3. The molecule has 0 aliphatic rings. The van der Waals surface area contributed by atoms with Crippen LogP contribution in [0.3, 0.4) is 0 Å². The van der Waals surface area contributed by atoms with Crippen LogP contribution >= 0.6 is 0 Å². The van der Waals surface area contributed by atoms with E-state index in [4.69, 9.17) is 13.6 Å². The molecule has 7 nitrogen and oxygen atoms in total. The average Bonchev–Trinajstić information content (AvgIpc) is 3.18. The van der Waals surface area contributed by atoms with Gasteiger partial charge in [0.15, 0.2) is 6.61 Å². The third kappa shape index (κ3) is 4.05. The Kier molecular flexibility index (Phi) is 4.97. The maximum Gasteiger partial charge on any atom is 0.387 e. The Morgan fingerprint density at radius 1 is 1.15 bits per heavy atom. The van der Waals surface area contributed by atoms with Crippen molar-refractivity contribution in [2.75, 3.05) is 0 Å². The largest absolute Gasteiger partial charge is 0.466 e. The standard InChI is InChI=1S/C17H14F2N2O5/c1-9-7-13(10(2)24-9)15-21-20-14(26-15)8-23-16(22)11-3-5-12(6-4-11)25-17(18)19/h3-7,17H,8H2,1-2H3. The van der Waals surface area contributed by atoms with E-state index in [1.807, 2.05) is 0 Å². The molecular weight excluding hydrogens is 350 g/mol. The maximum atomic E-state index is 12.1. The fourth-order valence-electron chi connectivity index (χ4n) is 2.25. The number of furan rings is 1. The van der Waals surface area contributed by atoms with Gasteiger partial charge in [-0.05, 0) is 44.2 Å². The second-order valence-corrected chi connectivity index (χ2v) is 5.31. The fraction of sp³-hybridized carbons (Fsp3) is 0.235. The van der Waals surface area contributed by atoms with Crippen molar-refractivity contribution >= 4 is 5.97 Å². The smallest absolute Gasteiger partial charge is 0.387 e. The number of aryl methyl sites for hydroxylation is 2. The molecule has 0 atom stereocenters. The lowest BCUT2D eigenvalue weighted by Gasteiger charge is -2.05. The van der Waals surface area contributed by atoms with Crippen LogP contribution in [-0.4, -0.2) is 22.8 Å². The molecule has 0 radical (unpaired) electrons. The molecular formula is C17H14F2N2O5. The van der Waals surface area contributed by atoms with Crippen molar-refractivity contribution in [2.45, 2.75) is 27.1 Å². The molecule has 1 aromatic carbocycles. The number of carbonyl (C=O) groups is 1. The highest BCUT2D eigenvalue weighted by Crippen LogP contribution is 2.25. The van der Waals surface area contributed by atoms with Crippen molar-refractivity contribution in [1.29, 1.82) is 0 Å². The van der Waals surface area contributed by atoms with Crippen LogP contribution in [-0.2, 0) is 11.3 Å². The van der Waals surface area contributed by atoms with E-state index in [2.05, 4.69) is 14.9 Å². The molecule has 0 saturated carbocycles. The van der Waals surface area contributed by atoms with E-state index in [0.717, 1.165) is 0 Å². The lowest BCUT2D eigenvalue weighted by atomic mass is 10.2. The lowest BCUT2D eigenvalue weighted by molar-refractivity contribution is -0.0498. The summed E-state index contributed by atoms with van der Waals surface area (Å²) in [6.45, 7) is 0.417. The van der Waals surface area contributed by atoms with E-state index in [1.54, 1.807) is 19.9 Å². The summed E-state index contributed by atoms with van der Waals surface area (Å²) in [4.78, 5) is 12.0. The number of ether oxygens (including phenoxy) is 2. The van der Waals surface area contributed by atoms with Gasteiger partial charge in [0, 0.05) is 0 Å². The van der Waals surface area contributed by atoms with Crippen LogP contribution < -0.4 is 4.74 Å². The lowest BCUT2D eigenvalue weighted by Crippen LogP contribution is -2.06. The molecule has 3 aromatic rings. The van der Waals surface area contributed by atoms with Crippen molar-refractivity contribution in [3.8, 4) is 17.2 Å². The van der Waals surface area contributed by atoms with Crippen molar-refractivity contribution < 1.29 is 31.9 Å². The number of hydrogen-bond donors (Lipinski definition) is 0. The first-order valence-electron chi connectivity index (χ1n) is 7.54. The number of nitrogens with zero attached hydrogens (tertiary/aromatic N) is 2. The predicted octanol–water partition coefficient (Wildman–Crippen LogP) is 3.90. The van der Waals surface area contributed by atoms with Gasteiger partial charge in [-0.15, -0.1) is 10.2 Å². The average molecular weight is 364 g/mol. The third-order valence-electron chi connectivity index (χ3n) is 3.38. The molecule has 3 rings (SSSR count). The molecule has 0 aliphatic heterocycles. The summed E-state index contributed by atoms with van der Waals surface area (Å²) in [5, 5.41) is 7.71. The van der Waals surface area contributed by atoms with Gasteiger partial charge in [-0.25, -0.2) is 4.79 Å². The van der Waals surface area contributed by atoms with E-state index < -0.39 is 12.6 Å². The second kappa shape index (κ2) is 7.34. The summed E-state index contributed by atoms with van der Waals surface area (Å²) in [7, 11) is 0. The monoisotopic (exact) mass is 364 g/mol. The highest BCUT2D eigenvalue weighted by molar-refractivity contribution is 5.89. The van der Waals surface area contributed by atoms with Crippen LogP contribution in [0.2, 0.25) is 0 Å². The van der Waals surface area contributed by atoms with E-state index in [9.17, 15) is 13.6 Å². The van der Waals surface area contributed by atoms with Crippen LogP contribution in [0, 0.1) is 13.8 Å². The second-order valence-electron chi connectivity index (χ2n) is 5.31. The normalized spacial score (nSPS) is 11.0. The van der Waals surface area contributed by atoms with Gasteiger partial charge < -0.3 is 18.3 Å². The highest BCUT2D eigenvalue weighted by Gasteiger charge is 2.16. The van der Waals surface area contributed by atoms with Gasteiger partial charge in [-0.3, -0.25) is 0 Å². The molecule has 0 bridgehead atoms. The summed E-state index contributed by atoms with van der Waals surface area (Å²) >= 11 is 0. The summed E-state index contributed by atoms with van der Waals surface area (Å²) in [6, 6.07) is 6.89. The van der Waals surface area contributed by atoms with Gasteiger partial charge in [0.05, 0.1) is 11.1 Å². The zero-order valence-corrected chi connectivity index (χ0v) is 13.9. The number of esters is 1. The molecule has 9 heteroatoms. The number of halogens is 2. The van der Waals surface area contributed by atoms with Crippen LogP contribution in [0.1, 0.15) is 27.8 Å². The number of aromatic nitrogens is 2. The van der Waals surface area contributed by atoms with E-state index >= 15 is 0 Å². The van der Waals surface area contributed by atoms with Gasteiger partial charge in [-0.1, -0.05) is 0 Å². The zero-order chi connectivity index (χ0) is 18.7. The molecule has 0 spiro atoms. The molecule has 0 unspecified atom stereocenters. The molecule has 136 valence electrons. The Bertz CT molecular complexity index is 902. The Morgan fingerprint density at radius 3 is 2.50 bits per heavy atom. The Labute approximate surface area is 146 Å². The summed E-state index contributed by atoms with van der Waals surface area (Å²) in [6.07, 6.45) is 0. The van der Waals surface area contributed by atoms with Crippen molar-refractivity contribution in [3.63, 3.8) is 0 Å². The summed E-state index contributed by atoms with van der Waals surface area (Å²) in [5.41, 5.74) is 0.842. The summed E-state index contributed by atoms with van der Waals surface area (Å²) in [5.74, 6) is 1.01. The van der Waals surface area contributed by atoms with Gasteiger partial charge in [0.2, 0.25) is 0 Å². The van der Waals surface area contributed by atoms with E-state index in [-0.39, 0.29) is 29.7 Å². The minimum atomic E-state index is -2.93. The topological polar surface area (TPSA) is 87.6 Å². The molecule has 26 heavy (non-hydrogen) atoms. The molecule has 0 N–H and O–H groups in total. The number of carbonyl (C=O) groups excluding carboxylic acids is 1. The highest BCUT2D eigenvalue weighted by atomic mass is 19.3. The first-order chi connectivity index (χ1) is 12.4. The van der Waals surface area contributed by atoms with E-state index in [0.29, 0.717) is 17.1 Å². The maximum absolute atomic E-state index is 12.1. The van der Waals surface area contributed by atoms with Gasteiger partial charge in [0.1, 0.15) is 17.3 Å². The SMILES string of the molecule is Cc1cc(-c2nnc(COC(=O)c3ccc(OC(F)F)cc3)o2)c(C)o1. The Morgan fingerprint density at radius 2 is 1.88 bits per heavy atom. The quantitative estimate of drug-likeness (QED) is 0.613. The van der Waals surface area contributed by atoms with Gasteiger partial charge >= 0.3 is 12.6 Å². The Hall–Kier alpha value is -3.23. The van der Waals surface area contributed by atoms with Crippen LogP contribution in [0.4, 0.5) is 8.78 Å². The molecule has 2 heterocycles. The predicted molar refractivity (Wildman–Crippen MR) is 83.7 cm³/mol.